The average Bonchev–Trinajstić information content (AvgIpc) is 3.23. The summed E-state index contributed by atoms with van der Waals surface area (Å²) in [7, 11) is -1.21. The van der Waals surface area contributed by atoms with Crippen molar-refractivity contribution in [2.45, 2.75) is 17.7 Å². The Labute approximate surface area is 167 Å². The molecule has 0 radical (unpaired) electrons. The molecule has 0 amide bonds. The van der Waals surface area contributed by atoms with Gasteiger partial charge in [-0.2, -0.15) is 4.31 Å². The maximum Gasteiger partial charge on any atom is 0.349 e. The van der Waals surface area contributed by atoms with Crippen LogP contribution in [-0.4, -0.2) is 51.8 Å². The van der Waals surface area contributed by atoms with Gasteiger partial charge < -0.3 is 9.47 Å². The highest BCUT2D eigenvalue weighted by atomic mass is 32.2. The molecule has 2 heterocycles. The topological polar surface area (TPSA) is 90.0 Å². The first-order valence-corrected chi connectivity index (χ1v) is 11.0. The molecule has 1 aromatic heterocycles. The van der Waals surface area contributed by atoms with Gasteiger partial charge in [-0.1, -0.05) is 12.1 Å². The third kappa shape index (κ3) is 3.82. The number of para-hydroxylation sites is 1. The molecule has 7 nitrogen and oxygen atoms in total. The molecule has 0 saturated carbocycles. The number of ketones is 1. The number of sulfonamides is 1. The van der Waals surface area contributed by atoms with Crippen LogP contribution in [0.2, 0.25) is 0 Å². The number of rotatable bonds is 6. The van der Waals surface area contributed by atoms with Crippen LogP contribution in [0.5, 0.6) is 5.75 Å². The van der Waals surface area contributed by atoms with Crippen molar-refractivity contribution in [1.82, 2.24) is 4.31 Å². The Bertz CT molecular complexity index is 982. The zero-order valence-electron chi connectivity index (χ0n) is 15.6. The Balaban J connectivity index is 1.86. The van der Waals surface area contributed by atoms with E-state index in [0.29, 0.717) is 30.7 Å². The van der Waals surface area contributed by atoms with E-state index in [0.717, 1.165) is 11.3 Å². The van der Waals surface area contributed by atoms with Crippen molar-refractivity contribution >= 4 is 33.1 Å². The first kappa shape index (κ1) is 20.5. The van der Waals surface area contributed by atoms with Crippen LogP contribution in [0.3, 0.4) is 0 Å². The predicted molar refractivity (Wildman–Crippen MR) is 104 cm³/mol. The lowest BCUT2D eigenvalue weighted by Gasteiger charge is -2.31. The molecule has 1 aromatic carbocycles. The van der Waals surface area contributed by atoms with Gasteiger partial charge in [0.2, 0.25) is 10.0 Å². The normalized spacial score (nSPS) is 17.9. The summed E-state index contributed by atoms with van der Waals surface area (Å²) in [5.41, 5.74) is 0.444. The first-order chi connectivity index (χ1) is 13.4. The highest BCUT2D eigenvalue weighted by molar-refractivity contribution is 7.89. The highest BCUT2D eigenvalue weighted by Crippen LogP contribution is 2.31. The SMILES string of the molecule is COC(=O)c1sccc1S(=O)(=O)N1CCC[C@H](C(=O)c2ccccc2OC)C1. The summed E-state index contributed by atoms with van der Waals surface area (Å²) in [5, 5.41) is 1.54. The van der Waals surface area contributed by atoms with Crippen LogP contribution >= 0.6 is 11.3 Å². The van der Waals surface area contributed by atoms with Crippen molar-refractivity contribution < 1.29 is 27.5 Å². The summed E-state index contributed by atoms with van der Waals surface area (Å²) < 4.78 is 37.4. The van der Waals surface area contributed by atoms with Gasteiger partial charge in [0.25, 0.3) is 0 Å². The molecule has 0 unspecified atom stereocenters. The molecule has 3 rings (SSSR count). The fourth-order valence-corrected chi connectivity index (χ4v) is 6.16. The number of hydrogen-bond donors (Lipinski definition) is 0. The lowest BCUT2D eigenvalue weighted by Crippen LogP contribution is -2.42. The minimum atomic E-state index is -3.91. The molecule has 1 saturated heterocycles. The number of methoxy groups -OCH3 is 2. The van der Waals surface area contributed by atoms with Crippen molar-refractivity contribution in [3.8, 4) is 5.75 Å². The third-order valence-corrected chi connectivity index (χ3v) is 7.68. The minimum absolute atomic E-state index is 0.0423. The van der Waals surface area contributed by atoms with Gasteiger partial charge in [0, 0.05) is 19.0 Å². The van der Waals surface area contributed by atoms with Crippen molar-refractivity contribution in [3.63, 3.8) is 0 Å². The standard InChI is InChI=1S/C19H21NO6S2/c1-25-15-8-4-3-7-14(15)17(21)13-6-5-10-20(12-13)28(23,24)16-9-11-27-18(16)19(22)26-2/h3-4,7-9,11,13H,5-6,10,12H2,1-2H3/t13-/m0/s1. The molecule has 0 aliphatic carbocycles. The Morgan fingerprint density at radius 2 is 1.93 bits per heavy atom. The number of benzene rings is 1. The number of nitrogens with zero attached hydrogens (tertiary/aromatic N) is 1. The maximum absolute atomic E-state index is 13.1. The molecule has 1 aliphatic heterocycles. The van der Waals surface area contributed by atoms with Crippen LogP contribution in [0, 0.1) is 5.92 Å². The largest absolute Gasteiger partial charge is 0.496 e. The zero-order chi connectivity index (χ0) is 20.3. The lowest BCUT2D eigenvalue weighted by molar-refractivity contribution is 0.0601. The summed E-state index contributed by atoms with van der Waals surface area (Å²) in [4.78, 5) is 24.8. The number of Topliss-reactive ketones (excluding diaryl/α,β-unsaturated/α-hetero) is 1. The van der Waals surface area contributed by atoms with Crippen LogP contribution in [0.1, 0.15) is 32.9 Å². The third-order valence-electron chi connectivity index (χ3n) is 4.75. The summed E-state index contributed by atoms with van der Waals surface area (Å²) in [5.74, 6) is -0.832. The molecule has 28 heavy (non-hydrogen) atoms. The summed E-state index contributed by atoms with van der Waals surface area (Å²) in [6.45, 7) is 0.365. The number of thiophene rings is 1. The summed E-state index contributed by atoms with van der Waals surface area (Å²) >= 11 is 1.02. The quantitative estimate of drug-likeness (QED) is 0.524. The van der Waals surface area contributed by atoms with Gasteiger partial charge in [-0.3, -0.25) is 4.79 Å². The fourth-order valence-electron chi connectivity index (χ4n) is 3.32. The van der Waals surface area contributed by atoms with Crippen LogP contribution in [0.4, 0.5) is 0 Å². The van der Waals surface area contributed by atoms with E-state index in [2.05, 4.69) is 4.74 Å². The molecular weight excluding hydrogens is 402 g/mol. The molecule has 0 spiro atoms. The summed E-state index contributed by atoms with van der Waals surface area (Å²) in [6, 6.07) is 8.32. The number of carbonyl (C=O) groups excluding carboxylic acids is 2. The number of ether oxygens (including phenoxy) is 2. The second-order valence-electron chi connectivity index (χ2n) is 6.37. The Morgan fingerprint density at radius 3 is 2.64 bits per heavy atom. The van der Waals surface area contributed by atoms with Crippen molar-refractivity contribution in [2.75, 3.05) is 27.3 Å². The van der Waals surface area contributed by atoms with E-state index in [1.165, 1.54) is 24.6 Å². The molecule has 1 atom stereocenters. The molecule has 2 aromatic rings. The second kappa shape index (κ2) is 8.42. The minimum Gasteiger partial charge on any atom is -0.496 e. The molecule has 0 N–H and O–H groups in total. The monoisotopic (exact) mass is 423 g/mol. The van der Waals surface area contributed by atoms with Crippen molar-refractivity contribution in [2.24, 2.45) is 5.92 Å². The van der Waals surface area contributed by atoms with Crippen LogP contribution in [0.15, 0.2) is 40.6 Å². The van der Waals surface area contributed by atoms with Gasteiger partial charge in [0.1, 0.15) is 15.5 Å². The number of carbonyl (C=O) groups is 2. The first-order valence-electron chi connectivity index (χ1n) is 8.73. The zero-order valence-corrected chi connectivity index (χ0v) is 17.2. The number of hydrogen-bond acceptors (Lipinski definition) is 7. The van der Waals surface area contributed by atoms with E-state index in [1.54, 1.807) is 29.6 Å². The van der Waals surface area contributed by atoms with Crippen LogP contribution < -0.4 is 4.74 Å². The van der Waals surface area contributed by atoms with Gasteiger partial charge >= 0.3 is 5.97 Å². The second-order valence-corrected chi connectivity index (χ2v) is 9.19. The smallest absolute Gasteiger partial charge is 0.349 e. The highest BCUT2D eigenvalue weighted by Gasteiger charge is 2.36. The van der Waals surface area contributed by atoms with E-state index < -0.39 is 21.9 Å². The van der Waals surface area contributed by atoms with E-state index in [4.69, 9.17) is 4.74 Å². The van der Waals surface area contributed by atoms with E-state index >= 15 is 0 Å². The molecule has 0 bridgehead atoms. The Hall–Kier alpha value is -2.23. The van der Waals surface area contributed by atoms with Gasteiger partial charge in [0.05, 0.1) is 19.8 Å². The summed E-state index contributed by atoms with van der Waals surface area (Å²) in [6.07, 6.45) is 1.15. The van der Waals surface area contributed by atoms with E-state index in [9.17, 15) is 18.0 Å². The Kier molecular flexibility index (Phi) is 6.17. The molecule has 1 fully saturated rings. The number of piperidine rings is 1. The van der Waals surface area contributed by atoms with Gasteiger partial charge in [-0.05, 0) is 36.4 Å². The van der Waals surface area contributed by atoms with Gasteiger partial charge in [-0.15, -0.1) is 11.3 Å². The van der Waals surface area contributed by atoms with Crippen LogP contribution in [-0.2, 0) is 14.8 Å². The molecule has 150 valence electrons. The van der Waals surface area contributed by atoms with Gasteiger partial charge in [-0.25, -0.2) is 13.2 Å². The molecule has 9 heteroatoms. The average molecular weight is 424 g/mol. The van der Waals surface area contributed by atoms with E-state index in [1.807, 2.05) is 0 Å². The fraction of sp³-hybridized carbons (Fsp3) is 0.368. The lowest BCUT2D eigenvalue weighted by atomic mass is 9.90. The van der Waals surface area contributed by atoms with Gasteiger partial charge in [0.15, 0.2) is 5.78 Å². The predicted octanol–water partition coefficient (Wildman–Crippen LogP) is 2.83. The van der Waals surface area contributed by atoms with Crippen LogP contribution in [0.25, 0.3) is 0 Å². The molecular formula is C19H21NO6S2. The Morgan fingerprint density at radius 1 is 1.18 bits per heavy atom. The van der Waals surface area contributed by atoms with Crippen molar-refractivity contribution in [3.05, 3.63) is 46.2 Å². The number of esters is 1. The molecule has 1 aliphatic rings. The van der Waals surface area contributed by atoms with Crippen molar-refractivity contribution in [1.29, 1.82) is 0 Å². The maximum atomic E-state index is 13.1. The van der Waals surface area contributed by atoms with E-state index in [-0.39, 0.29) is 22.1 Å².